The number of hydrogen-bond donors (Lipinski definition) is 2. The molecule has 4 rings (SSSR count). The van der Waals surface area contributed by atoms with E-state index < -0.39 is 51.9 Å². The van der Waals surface area contributed by atoms with Crippen LogP contribution in [-0.2, 0) is 28.7 Å². The van der Waals surface area contributed by atoms with E-state index in [2.05, 4.69) is 0 Å². The van der Waals surface area contributed by atoms with E-state index >= 15 is 0 Å². The molecule has 0 spiro atoms. The summed E-state index contributed by atoms with van der Waals surface area (Å²) in [7, 11) is 0. The number of rotatable bonds is 8. The van der Waals surface area contributed by atoms with Gasteiger partial charge in [-0.05, 0) is 66.3 Å². The number of fused-ring (bicyclic) bond motifs is 4. The molecular formula is C33H48O8. The molecule has 10 atom stereocenters. The minimum Gasteiger partial charge on any atom is -0.454 e. The second-order valence-electron chi connectivity index (χ2n) is 14.8. The van der Waals surface area contributed by atoms with Crippen LogP contribution in [0.4, 0.5) is 0 Å². The zero-order valence-electron chi connectivity index (χ0n) is 25.9. The van der Waals surface area contributed by atoms with Gasteiger partial charge in [0.05, 0.1) is 17.6 Å². The van der Waals surface area contributed by atoms with Gasteiger partial charge in [0.1, 0.15) is 17.9 Å². The fourth-order valence-electron chi connectivity index (χ4n) is 9.65. The number of aldehydes is 1. The zero-order chi connectivity index (χ0) is 30.9. The minimum atomic E-state index is -1.28. The molecule has 2 saturated carbocycles. The lowest BCUT2D eigenvalue weighted by Crippen LogP contribution is -2.65. The zero-order valence-corrected chi connectivity index (χ0v) is 25.9. The Labute approximate surface area is 243 Å². The molecule has 0 aromatic carbocycles. The predicted molar refractivity (Wildman–Crippen MR) is 151 cm³/mol. The maximum absolute atomic E-state index is 14.7. The first kappa shape index (κ1) is 31.7. The van der Waals surface area contributed by atoms with Crippen LogP contribution in [0.3, 0.4) is 0 Å². The standard InChI is InChI=1S/C33H48O8/c1-17(10-12-34)13-20(36)14-18(2)21-15-25(39)33(8)26-22(37)16-23-30(4,5)24(38)9-11-31(23,6)27(26)28(40)29(32(21,33)7)41-19(3)35/h12,17-18,21-24,29,37-38H,9-11,13-16H2,1-8H3. The first-order valence-corrected chi connectivity index (χ1v) is 15.2. The fourth-order valence-corrected chi connectivity index (χ4v) is 9.65. The van der Waals surface area contributed by atoms with Gasteiger partial charge in [0.15, 0.2) is 6.10 Å². The van der Waals surface area contributed by atoms with E-state index in [-0.39, 0.29) is 54.4 Å². The Morgan fingerprint density at radius 1 is 1.07 bits per heavy atom. The van der Waals surface area contributed by atoms with Gasteiger partial charge < -0.3 is 19.7 Å². The van der Waals surface area contributed by atoms with Crippen LogP contribution in [0.5, 0.6) is 0 Å². The maximum Gasteiger partial charge on any atom is 0.303 e. The molecule has 0 radical (unpaired) electrons. The number of carbonyl (C=O) groups is 5. The van der Waals surface area contributed by atoms with Crippen molar-refractivity contribution in [2.75, 3.05) is 0 Å². The molecule has 2 fully saturated rings. The van der Waals surface area contributed by atoms with Crippen molar-refractivity contribution < 1.29 is 38.9 Å². The first-order valence-electron chi connectivity index (χ1n) is 15.2. The number of aliphatic hydroxyl groups is 2. The van der Waals surface area contributed by atoms with E-state index in [1.54, 1.807) is 6.92 Å². The normalized spacial score (nSPS) is 41.2. The molecule has 8 heteroatoms. The summed E-state index contributed by atoms with van der Waals surface area (Å²) in [6.07, 6.45) is 0.0287. The van der Waals surface area contributed by atoms with E-state index in [1.807, 2.05) is 41.5 Å². The fraction of sp³-hybridized carbons (Fsp3) is 0.788. The van der Waals surface area contributed by atoms with E-state index in [9.17, 15) is 34.2 Å². The molecule has 0 amide bonds. The lowest BCUT2D eigenvalue weighted by molar-refractivity contribution is -0.178. The second kappa shape index (κ2) is 10.5. The summed E-state index contributed by atoms with van der Waals surface area (Å²) >= 11 is 0. The van der Waals surface area contributed by atoms with Gasteiger partial charge in [-0.15, -0.1) is 0 Å². The van der Waals surface area contributed by atoms with E-state index in [1.165, 1.54) is 6.92 Å². The first-order chi connectivity index (χ1) is 18.9. The molecular weight excluding hydrogens is 524 g/mol. The molecule has 4 aliphatic rings. The predicted octanol–water partition coefficient (Wildman–Crippen LogP) is 4.18. The van der Waals surface area contributed by atoms with Crippen LogP contribution in [0.15, 0.2) is 11.1 Å². The topological polar surface area (TPSA) is 135 Å². The lowest BCUT2D eigenvalue weighted by Gasteiger charge is -2.62. The van der Waals surface area contributed by atoms with E-state index in [0.717, 1.165) is 6.29 Å². The highest BCUT2D eigenvalue weighted by Gasteiger charge is 2.74. The summed E-state index contributed by atoms with van der Waals surface area (Å²) in [5.41, 5.74) is -2.91. The van der Waals surface area contributed by atoms with Crippen molar-refractivity contribution in [3.8, 4) is 0 Å². The maximum atomic E-state index is 14.7. The van der Waals surface area contributed by atoms with Crippen molar-refractivity contribution in [3.05, 3.63) is 11.1 Å². The average molecular weight is 573 g/mol. The van der Waals surface area contributed by atoms with Crippen molar-refractivity contribution in [1.29, 1.82) is 0 Å². The van der Waals surface area contributed by atoms with Crippen molar-refractivity contribution in [2.45, 2.75) is 119 Å². The third-order valence-corrected chi connectivity index (χ3v) is 12.1. The molecule has 0 aliphatic heterocycles. The number of hydrogen-bond acceptors (Lipinski definition) is 8. The highest BCUT2D eigenvalue weighted by atomic mass is 16.5. The number of Topliss-reactive ketones (excluding diaryl/α,β-unsaturated/α-hetero) is 3. The van der Waals surface area contributed by atoms with E-state index in [0.29, 0.717) is 36.8 Å². The molecule has 228 valence electrons. The van der Waals surface area contributed by atoms with Gasteiger partial charge in [-0.1, -0.05) is 41.5 Å². The van der Waals surface area contributed by atoms with Gasteiger partial charge >= 0.3 is 5.97 Å². The van der Waals surface area contributed by atoms with Crippen LogP contribution in [0, 0.1) is 45.3 Å². The van der Waals surface area contributed by atoms with Crippen LogP contribution in [0.25, 0.3) is 0 Å². The Bertz CT molecular complexity index is 1180. The van der Waals surface area contributed by atoms with Gasteiger partial charge in [0.2, 0.25) is 5.78 Å². The van der Waals surface area contributed by atoms with Crippen molar-refractivity contribution >= 4 is 29.6 Å². The largest absolute Gasteiger partial charge is 0.454 e. The SMILES string of the molecule is CC(=O)OC1C(=O)C2=C(C(O)CC3C2(C)CCC(O)C3(C)C)C2(C)C(=O)CC(C(C)CC(=O)CC(C)CC=O)C12C. The minimum absolute atomic E-state index is 0.0152. The highest BCUT2D eigenvalue weighted by Crippen LogP contribution is 2.71. The van der Waals surface area contributed by atoms with Gasteiger partial charge in [-0.3, -0.25) is 19.2 Å². The highest BCUT2D eigenvalue weighted by molar-refractivity contribution is 6.08. The van der Waals surface area contributed by atoms with Gasteiger partial charge in [-0.2, -0.15) is 0 Å². The Balaban J connectivity index is 1.86. The van der Waals surface area contributed by atoms with Crippen LogP contribution in [0.1, 0.15) is 100 Å². The number of ether oxygens (including phenoxy) is 1. The summed E-state index contributed by atoms with van der Waals surface area (Å²) in [5, 5.41) is 22.7. The Morgan fingerprint density at radius 2 is 1.71 bits per heavy atom. The monoisotopic (exact) mass is 572 g/mol. The summed E-state index contributed by atoms with van der Waals surface area (Å²) in [4.78, 5) is 65.3. The summed E-state index contributed by atoms with van der Waals surface area (Å²) in [5.74, 6) is -2.19. The van der Waals surface area contributed by atoms with Crippen molar-refractivity contribution in [2.24, 2.45) is 45.3 Å². The molecule has 4 aliphatic carbocycles. The summed E-state index contributed by atoms with van der Waals surface area (Å²) < 4.78 is 5.87. The smallest absolute Gasteiger partial charge is 0.303 e. The molecule has 41 heavy (non-hydrogen) atoms. The molecule has 0 aromatic rings. The molecule has 8 nitrogen and oxygen atoms in total. The number of ketones is 3. The van der Waals surface area contributed by atoms with E-state index in [4.69, 9.17) is 4.74 Å². The van der Waals surface area contributed by atoms with Crippen LogP contribution in [-0.4, -0.2) is 58.1 Å². The number of aliphatic hydroxyl groups excluding tert-OH is 2. The summed E-state index contributed by atoms with van der Waals surface area (Å²) in [6, 6.07) is 0. The van der Waals surface area contributed by atoms with Crippen LogP contribution in [0.2, 0.25) is 0 Å². The molecule has 0 heterocycles. The van der Waals surface area contributed by atoms with Crippen molar-refractivity contribution in [1.82, 2.24) is 0 Å². The molecule has 10 unspecified atom stereocenters. The Morgan fingerprint density at radius 3 is 2.29 bits per heavy atom. The molecule has 0 aromatic heterocycles. The van der Waals surface area contributed by atoms with Gasteiger partial charge in [-0.25, -0.2) is 0 Å². The van der Waals surface area contributed by atoms with Gasteiger partial charge in [0, 0.05) is 43.6 Å². The summed E-state index contributed by atoms with van der Waals surface area (Å²) in [6.45, 7) is 14.6. The number of esters is 1. The third kappa shape index (κ3) is 4.50. The number of carbonyl (C=O) groups excluding carboxylic acids is 5. The van der Waals surface area contributed by atoms with Gasteiger partial charge in [0.25, 0.3) is 0 Å². The molecule has 0 bridgehead atoms. The molecule has 2 N–H and O–H groups in total. The van der Waals surface area contributed by atoms with Crippen LogP contribution < -0.4 is 0 Å². The average Bonchev–Trinajstić information content (AvgIpc) is 3.07. The van der Waals surface area contributed by atoms with Crippen molar-refractivity contribution in [3.63, 3.8) is 0 Å². The Hall–Kier alpha value is -2.19. The quantitative estimate of drug-likeness (QED) is 0.327. The lowest BCUT2D eigenvalue weighted by atomic mass is 9.41. The second-order valence-corrected chi connectivity index (χ2v) is 14.8. The molecule has 0 saturated heterocycles. The van der Waals surface area contributed by atoms with Crippen LogP contribution >= 0.6 is 0 Å². The Kier molecular flexibility index (Phi) is 8.14. The third-order valence-electron chi connectivity index (χ3n) is 12.1.